The molecule has 0 aliphatic carbocycles. The van der Waals surface area contributed by atoms with Crippen molar-refractivity contribution in [3.8, 4) is 17.5 Å². The highest BCUT2D eigenvalue weighted by atomic mass is 32.2. The Kier molecular flexibility index (Phi) is 7.90. The van der Waals surface area contributed by atoms with E-state index >= 15 is 0 Å². The summed E-state index contributed by atoms with van der Waals surface area (Å²) < 4.78 is 1.53. The van der Waals surface area contributed by atoms with Crippen LogP contribution in [0.1, 0.15) is 24.8 Å². The Labute approximate surface area is 158 Å². The summed E-state index contributed by atoms with van der Waals surface area (Å²) in [6.45, 7) is 3.30. The number of unbranched alkanes of at least 4 members (excludes halogenated alkanes) is 2. The molecule has 2 aromatic rings. The molecule has 1 aromatic carbocycles. The first-order chi connectivity index (χ1) is 12.6. The monoisotopic (exact) mass is 369 g/mol. The number of hydrogen-bond donors (Lipinski definition) is 1. The van der Waals surface area contributed by atoms with Crippen molar-refractivity contribution < 1.29 is 0 Å². The second kappa shape index (κ2) is 10.4. The van der Waals surface area contributed by atoms with Crippen LogP contribution in [0.3, 0.4) is 0 Å². The maximum absolute atomic E-state index is 12.0. The molecule has 136 valence electrons. The zero-order chi connectivity index (χ0) is 18.8. The summed E-state index contributed by atoms with van der Waals surface area (Å²) in [6, 6.07) is 11.5. The van der Waals surface area contributed by atoms with Gasteiger partial charge in [0, 0.05) is 24.7 Å². The first-order valence-electron chi connectivity index (χ1n) is 8.53. The third kappa shape index (κ3) is 6.05. The van der Waals surface area contributed by atoms with Gasteiger partial charge in [0.2, 0.25) is 0 Å². The lowest BCUT2D eigenvalue weighted by Crippen LogP contribution is -2.22. The van der Waals surface area contributed by atoms with Crippen LogP contribution in [0.25, 0.3) is 11.3 Å². The van der Waals surface area contributed by atoms with Crippen LogP contribution >= 0.6 is 11.8 Å². The summed E-state index contributed by atoms with van der Waals surface area (Å²) in [4.78, 5) is 16.3. The average Bonchev–Trinajstić information content (AvgIpc) is 2.65. The molecule has 1 heterocycles. The van der Waals surface area contributed by atoms with Gasteiger partial charge in [0.1, 0.15) is 0 Å². The molecule has 2 rings (SSSR count). The molecule has 0 spiro atoms. The van der Waals surface area contributed by atoms with E-state index in [1.165, 1.54) is 22.0 Å². The SMILES string of the molecule is CSC(=NCCCCCn1nc(-c2ccc(C)cc2)ccc1=O)NC#N. The van der Waals surface area contributed by atoms with Crippen molar-refractivity contribution in [2.45, 2.75) is 32.7 Å². The predicted octanol–water partition coefficient (Wildman–Crippen LogP) is 3.18. The number of nitriles is 1. The van der Waals surface area contributed by atoms with E-state index in [4.69, 9.17) is 5.26 Å². The van der Waals surface area contributed by atoms with Crippen LogP contribution in [0, 0.1) is 18.4 Å². The summed E-state index contributed by atoms with van der Waals surface area (Å²) in [5.74, 6) is 0. The molecule has 6 nitrogen and oxygen atoms in total. The van der Waals surface area contributed by atoms with Crippen LogP contribution in [0.4, 0.5) is 0 Å². The van der Waals surface area contributed by atoms with Crippen molar-refractivity contribution >= 4 is 16.9 Å². The summed E-state index contributed by atoms with van der Waals surface area (Å²) in [7, 11) is 0. The number of aryl methyl sites for hydroxylation is 2. The number of aliphatic imine (C=N–C) groups is 1. The van der Waals surface area contributed by atoms with Crippen LogP contribution in [0.5, 0.6) is 0 Å². The Morgan fingerprint density at radius 3 is 2.69 bits per heavy atom. The van der Waals surface area contributed by atoms with Gasteiger partial charge in [-0.2, -0.15) is 10.4 Å². The Morgan fingerprint density at radius 1 is 1.23 bits per heavy atom. The molecule has 0 aliphatic rings. The Balaban J connectivity index is 1.88. The molecule has 0 bridgehead atoms. The molecule has 0 aliphatic heterocycles. The Bertz CT molecular complexity index is 836. The second-order valence-electron chi connectivity index (χ2n) is 5.83. The largest absolute Gasteiger partial charge is 0.272 e. The van der Waals surface area contributed by atoms with E-state index in [0.29, 0.717) is 18.3 Å². The van der Waals surface area contributed by atoms with E-state index in [2.05, 4.69) is 15.4 Å². The first-order valence-corrected chi connectivity index (χ1v) is 9.75. The van der Waals surface area contributed by atoms with Crippen molar-refractivity contribution in [3.05, 3.63) is 52.3 Å². The topological polar surface area (TPSA) is 83.1 Å². The second-order valence-corrected chi connectivity index (χ2v) is 6.63. The minimum atomic E-state index is -0.0817. The lowest BCUT2D eigenvalue weighted by atomic mass is 10.1. The molecule has 1 aromatic heterocycles. The molecule has 0 saturated carbocycles. The number of thioether (sulfide) groups is 1. The van der Waals surface area contributed by atoms with Crippen molar-refractivity contribution in [3.63, 3.8) is 0 Å². The number of nitrogens with one attached hydrogen (secondary N) is 1. The number of amidine groups is 1. The molecular weight excluding hydrogens is 346 g/mol. The number of rotatable bonds is 7. The number of benzene rings is 1. The smallest absolute Gasteiger partial charge is 0.266 e. The molecule has 0 unspecified atom stereocenters. The summed E-state index contributed by atoms with van der Waals surface area (Å²) >= 11 is 1.42. The highest BCUT2D eigenvalue weighted by Gasteiger charge is 2.03. The van der Waals surface area contributed by atoms with Crippen molar-refractivity contribution in [2.24, 2.45) is 4.99 Å². The highest BCUT2D eigenvalue weighted by Crippen LogP contribution is 2.15. The normalized spacial score (nSPS) is 11.2. The van der Waals surface area contributed by atoms with Gasteiger partial charge < -0.3 is 0 Å². The lowest BCUT2D eigenvalue weighted by molar-refractivity contribution is 0.525. The van der Waals surface area contributed by atoms with Gasteiger partial charge in [0.15, 0.2) is 11.4 Å². The van der Waals surface area contributed by atoms with Gasteiger partial charge in [-0.05, 0) is 38.5 Å². The van der Waals surface area contributed by atoms with E-state index in [-0.39, 0.29) is 5.56 Å². The molecule has 1 N–H and O–H groups in total. The summed E-state index contributed by atoms with van der Waals surface area (Å²) in [6.07, 6.45) is 6.46. The number of nitrogens with zero attached hydrogens (tertiary/aromatic N) is 4. The summed E-state index contributed by atoms with van der Waals surface area (Å²) in [5.41, 5.74) is 2.93. The van der Waals surface area contributed by atoms with Crippen LogP contribution in [0.15, 0.2) is 46.2 Å². The van der Waals surface area contributed by atoms with E-state index in [9.17, 15) is 4.79 Å². The lowest BCUT2D eigenvalue weighted by Gasteiger charge is -2.07. The molecule has 26 heavy (non-hydrogen) atoms. The zero-order valence-corrected chi connectivity index (χ0v) is 15.9. The zero-order valence-electron chi connectivity index (χ0n) is 15.1. The first kappa shape index (κ1) is 19.7. The van der Waals surface area contributed by atoms with Gasteiger partial charge in [0.25, 0.3) is 5.56 Å². The number of hydrogen-bond acceptors (Lipinski definition) is 5. The Hall–Kier alpha value is -2.59. The average molecular weight is 369 g/mol. The van der Waals surface area contributed by atoms with E-state index in [0.717, 1.165) is 30.5 Å². The Morgan fingerprint density at radius 2 is 2.00 bits per heavy atom. The van der Waals surface area contributed by atoms with Crippen LogP contribution in [-0.4, -0.2) is 27.7 Å². The van der Waals surface area contributed by atoms with Crippen LogP contribution < -0.4 is 10.9 Å². The maximum atomic E-state index is 12.0. The fourth-order valence-corrected chi connectivity index (χ4v) is 2.79. The fourth-order valence-electron chi connectivity index (χ4n) is 2.42. The molecule has 0 atom stereocenters. The van der Waals surface area contributed by atoms with Crippen molar-refractivity contribution in [1.29, 1.82) is 5.26 Å². The minimum Gasteiger partial charge on any atom is -0.272 e. The van der Waals surface area contributed by atoms with E-state index in [1.807, 2.05) is 43.6 Å². The minimum absolute atomic E-state index is 0.0817. The van der Waals surface area contributed by atoms with Gasteiger partial charge in [-0.15, -0.1) is 0 Å². The van der Waals surface area contributed by atoms with Gasteiger partial charge in [0.05, 0.1) is 5.69 Å². The maximum Gasteiger partial charge on any atom is 0.266 e. The molecule has 0 fully saturated rings. The fraction of sp³-hybridized carbons (Fsp3) is 0.368. The van der Waals surface area contributed by atoms with Gasteiger partial charge >= 0.3 is 0 Å². The van der Waals surface area contributed by atoms with Crippen molar-refractivity contribution in [1.82, 2.24) is 15.1 Å². The predicted molar refractivity (Wildman–Crippen MR) is 107 cm³/mol. The van der Waals surface area contributed by atoms with E-state index in [1.54, 1.807) is 12.1 Å². The van der Waals surface area contributed by atoms with E-state index < -0.39 is 0 Å². The molecule has 0 amide bonds. The third-order valence-corrected chi connectivity index (χ3v) is 4.47. The summed E-state index contributed by atoms with van der Waals surface area (Å²) in [5, 5.41) is 16.2. The third-order valence-electron chi connectivity index (χ3n) is 3.85. The van der Waals surface area contributed by atoms with Crippen LogP contribution in [0.2, 0.25) is 0 Å². The number of aromatic nitrogens is 2. The molecule has 0 radical (unpaired) electrons. The molecular formula is C19H23N5OS. The van der Waals surface area contributed by atoms with Gasteiger partial charge in [-0.1, -0.05) is 41.6 Å². The van der Waals surface area contributed by atoms with Crippen molar-refractivity contribution in [2.75, 3.05) is 12.8 Å². The quantitative estimate of drug-likeness (QED) is 0.266. The van der Waals surface area contributed by atoms with Gasteiger partial charge in [-0.3, -0.25) is 15.1 Å². The molecule has 0 saturated heterocycles. The standard InChI is InChI=1S/C19H23N5OS/c1-15-6-8-16(9-7-15)17-10-11-18(25)24(23-17)13-5-3-4-12-21-19(26-2)22-14-20/h6-11H,3-5,12-13H2,1-2H3,(H,21,22). The highest BCUT2D eigenvalue weighted by molar-refractivity contribution is 8.13. The molecule has 7 heteroatoms. The van der Waals surface area contributed by atoms with Crippen LogP contribution in [-0.2, 0) is 6.54 Å². The van der Waals surface area contributed by atoms with Gasteiger partial charge in [-0.25, -0.2) is 4.68 Å².